The van der Waals surface area contributed by atoms with Crippen LogP contribution < -0.4 is 5.32 Å². The molecule has 1 nitrogen and oxygen atoms in total. The lowest BCUT2D eigenvalue weighted by Gasteiger charge is -2.17. The van der Waals surface area contributed by atoms with Crippen LogP contribution in [0.3, 0.4) is 0 Å². The summed E-state index contributed by atoms with van der Waals surface area (Å²) in [4.78, 5) is 0. The van der Waals surface area contributed by atoms with Crippen molar-refractivity contribution in [3.63, 3.8) is 0 Å². The minimum Gasteiger partial charge on any atom is -0.310 e. The molecule has 0 heterocycles. The lowest BCUT2D eigenvalue weighted by molar-refractivity contribution is 0.432. The third-order valence-electron chi connectivity index (χ3n) is 3.54. The first kappa shape index (κ1) is 11.9. The quantitative estimate of drug-likeness (QED) is 0.815. The van der Waals surface area contributed by atoms with Gasteiger partial charge in [-0.3, -0.25) is 0 Å². The Morgan fingerprint density at radius 1 is 1.25 bits per heavy atom. The maximum atomic E-state index is 5.87. The van der Waals surface area contributed by atoms with Crippen LogP contribution in [-0.2, 0) is 0 Å². The van der Waals surface area contributed by atoms with Crippen LogP contribution in [-0.4, -0.2) is 6.54 Å². The highest BCUT2D eigenvalue weighted by molar-refractivity contribution is 6.30. The van der Waals surface area contributed by atoms with Crippen LogP contribution in [0.2, 0.25) is 5.02 Å². The zero-order valence-corrected chi connectivity index (χ0v) is 10.8. The average molecular weight is 238 g/mol. The molecule has 0 aliphatic heterocycles. The SMILES string of the molecule is CC(NCC(C)C1CC1)c1ccc(Cl)cc1. The molecule has 0 amide bonds. The predicted octanol–water partition coefficient (Wildman–Crippen LogP) is 4.04. The highest BCUT2D eigenvalue weighted by Crippen LogP contribution is 2.36. The minimum atomic E-state index is 0.415. The molecule has 2 rings (SSSR count). The maximum Gasteiger partial charge on any atom is 0.0406 e. The van der Waals surface area contributed by atoms with Crippen molar-refractivity contribution in [2.45, 2.75) is 32.7 Å². The largest absolute Gasteiger partial charge is 0.310 e. The molecule has 16 heavy (non-hydrogen) atoms. The monoisotopic (exact) mass is 237 g/mol. The molecule has 1 aliphatic carbocycles. The Morgan fingerprint density at radius 3 is 2.44 bits per heavy atom. The molecule has 1 aromatic rings. The Morgan fingerprint density at radius 2 is 1.88 bits per heavy atom. The van der Waals surface area contributed by atoms with Crippen molar-refractivity contribution in [2.75, 3.05) is 6.54 Å². The van der Waals surface area contributed by atoms with Crippen molar-refractivity contribution >= 4 is 11.6 Å². The molecule has 0 radical (unpaired) electrons. The fourth-order valence-corrected chi connectivity index (χ4v) is 2.19. The van der Waals surface area contributed by atoms with Gasteiger partial charge in [-0.1, -0.05) is 30.7 Å². The lowest BCUT2D eigenvalue weighted by Crippen LogP contribution is -2.25. The first-order chi connectivity index (χ1) is 7.66. The summed E-state index contributed by atoms with van der Waals surface area (Å²) >= 11 is 5.87. The summed E-state index contributed by atoms with van der Waals surface area (Å²) in [5.41, 5.74) is 1.31. The van der Waals surface area contributed by atoms with Gasteiger partial charge in [0.25, 0.3) is 0 Å². The molecule has 1 N–H and O–H groups in total. The van der Waals surface area contributed by atoms with Gasteiger partial charge in [-0.05, 0) is 55.8 Å². The summed E-state index contributed by atoms with van der Waals surface area (Å²) in [5.74, 6) is 1.79. The van der Waals surface area contributed by atoms with E-state index in [1.54, 1.807) is 0 Å². The summed E-state index contributed by atoms with van der Waals surface area (Å²) in [6.45, 7) is 5.68. The second kappa shape index (κ2) is 5.20. The van der Waals surface area contributed by atoms with Crippen LogP contribution in [0.1, 0.15) is 38.3 Å². The van der Waals surface area contributed by atoms with Crippen LogP contribution in [0, 0.1) is 11.8 Å². The molecule has 2 unspecified atom stereocenters. The van der Waals surface area contributed by atoms with Gasteiger partial charge in [-0.25, -0.2) is 0 Å². The smallest absolute Gasteiger partial charge is 0.0406 e. The fraction of sp³-hybridized carbons (Fsp3) is 0.571. The van der Waals surface area contributed by atoms with Crippen LogP contribution in [0.15, 0.2) is 24.3 Å². The molecule has 0 bridgehead atoms. The zero-order valence-electron chi connectivity index (χ0n) is 10.0. The third kappa shape index (κ3) is 3.23. The van der Waals surface area contributed by atoms with E-state index in [2.05, 4.69) is 31.3 Å². The minimum absolute atomic E-state index is 0.415. The number of halogens is 1. The van der Waals surface area contributed by atoms with Crippen molar-refractivity contribution in [3.05, 3.63) is 34.9 Å². The summed E-state index contributed by atoms with van der Waals surface area (Å²) in [5, 5.41) is 4.40. The van der Waals surface area contributed by atoms with E-state index < -0.39 is 0 Å². The van der Waals surface area contributed by atoms with Crippen LogP contribution >= 0.6 is 11.6 Å². The normalized spacial score (nSPS) is 19.4. The predicted molar refractivity (Wildman–Crippen MR) is 69.8 cm³/mol. The van der Waals surface area contributed by atoms with Crippen LogP contribution in [0.5, 0.6) is 0 Å². The Hall–Kier alpha value is -0.530. The molecule has 1 aromatic carbocycles. The summed E-state index contributed by atoms with van der Waals surface area (Å²) < 4.78 is 0. The van der Waals surface area contributed by atoms with E-state index in [0.29, 0.717) is 6.04 Å². The van der Waals surface area contributed by atoms with E-state index in [1.165, 1.54) is 18.4 Å². The Bertz CT molecular complexity index is 329. The summed E-state index contributed by atoms with van der Waals surface area (Å²) in [7, 11) is 0. The van der Waals surface area contributed by atoms with Crippen LogP contribution in [0.25, 0.3) is 0 Å². The third-order valence-corrected chi connectivity index (χ3v) is 3.79. The molecule has 0 spiro atoms. The standard InChI is InChI=1S/C14H20ClN/c1-10(12-3-4-12)9-16-11(2)13-5-7-14(15)8-6-13/h5-8,10-12,16H,3-4,9H2,1-2H3. The van der Waals surface area contributed by atoms with E-state index >= 15 is 0 Å². The fourth-order valence-electron chi connectivity index (χ4n) is 2.06. The number of benzene rings is 1. The van der Waals surface area contributed by atoms with Crippen LogP contribution in [0.4, 0.5) is 0 Å². The van der Waals surface area contributed by atoms with Gasteiger partial charge in [0.1, 0.15) is 0 Å². The second-order valence-electron chi connectivity index (χ2n) is 5.00. The first-order valence-electron chi connectivity index (χ1n) is 6.15. The zero-order chi connectivity index (χ0) is 11.5. The van der Waals surface area contributed by atoms with Gasteiger partial charge in [-0.15, -0.1) is 0 Å². The highest BCUT2D eigenvalue weighted by Gasteiger charge is 2.27. The molecule has 2 heteroatoms. The van der Waals surface area contributed by atoms with Gasteiger partial charge >= 0.3 is 0 Å². The number of hydrogen-bond donors (Lipinski definition) is 1. The number of nitrogens with one attached hydrogen (secondary N) is 1. The van der Waals surface area contributed by atoms with E-state index in [9.17, 15) is 0 Å². The van der Waals surface area contributed by atoms with Gasteiger partial charge in [-0.2, -0.15) is 0 Å². The van der Waals surface area contributed by atoms with E-state index in [0.717, 1.165) is 23.4 Å². The van der Waals surface area contributed by atoms with Crippen molar-refractivity contribution in [1.29, 1.82) is 0 Å². The molecule has 88 valence electrons. The van der Waals surface area contributed by atoms with Gasteiger partial charge in [0.2, 0.25) is 0 Å². The molecular weight excluding hydrogens is 218 g/mol. The van der Waals surface area contributed by atoms with Crippen molar-refractivity contribution < 1.29 is 0 Å². The average Bonchev–Trinajstić information content (AvgIpc) is 3.10. The van der Waals surface area contributed by atoms with Gasteiger partial charge in [0, 0.05) is 11.1 Å². The molecular formula is C14H20ClN. The Labute approximate surface area is 103 Å². The molecule has 1 saturated carbocycles. The molecule has 0 aromatic heterocycles. The van der Waals surface area contributed by atoms with Crippen molar-refractivity contribution in [1.82, 2.24) is 5.32 Å². The number of rotatable bonds is 5. The molecule has 2 atom stereocenters. The van der Waals surface area contributed by atoms with Gasteiger partial charge in [0.15, 0.2) is 0 Å². The lowest BCUT2D eigenvalue weighted by atomic mass is 10.0. The Balaban J connectivity index is 1.82. The van der Waals surface area contributed by atoms with Crippen molar-refractivity contribution in [2.24, 2.45) is 11.8 Å². The summed E-state index contributed by atoms with van der Waals surface area (Å²) in [6, 6.07) is 8.53. The maximum absolute atomic E-state index is 5.87. The topological polar surface area (TPSA) is 12.0 Å². The second-order valence-corrected chi connectivity index (χ2v) is 5.43. The van der Waals surface area contributed by atoms with Crippen molar-refractivity contribution in [3.8, 4) is 0 Å². The van der Waals surface area contributed by atoms with E-state index in [1.807, 2.05) is 12.1 Å². The van der Waals surface area contributed by atoms with Gasteiger partial charge < -0.3 is 5.32 Å². The first-order valence-corrected chi connectivity index (χ1v) is 6.53. The van der Waals surface area contributed by atoms with E-state index in [-0.39, 0.29) is 0 Å². The molecule has 0 saturated heterocycles. The van der Waals surface area contributed by atoms with E-state index in [4.69, 9.17) is 11.6 Å². The highest BCUT2D eigenvalue weighted by atomic mass is 35.5. The molecule has 1 aliphatic rings. The molecule has 1 fully saturated rings. The number of hydrogen-bond acceptors (Lipinski definition) is 1. The summed E-state index contributed by atoms with van der Waals surface area (Å²) in [6.07, 6.45) is 2.86. The Kier molecular flexibility index (Phi) is 3.88. The van der Waals surface area contributed by atoms with Gasteiger partial charge in [0.05, 0.1) is 0 Å².